The molecule has 0 N–H and O–H groups in total. The van der Waals surface area contributed by atoms with Gasteiger partial charge < -0.3 is 4.90 Å². The Morgan fingerprint density at radius 2 is 2.16 bits per heavy atom. The summed E-state index contributed by atoms with van der Waals surface area (Å²) in [6.07, 6.45) is 0. The molecule has 1 aromatic rings. The van der Waals surface area contributed by atoms with Gasteiger partial charge in [0.05, 0.1) is 6.54 Å². The van der Waals surface area contributed by atoms with Gasteiger partial charge in [-0.15, -0.1) is 0 Å². The Balaban J connectivity index is 1.97. The van der Waals surface area contributed by atoms with E-state index in [4.69, 9.17) is 0 Å². The van der Waals surface area contributed by atoms with Crippen LogP contribution in [0.5, 0.6) is 0 Å². The lowest BCUT2D eigenvalue weighted by atomic mass is 10.1. The summed E-state index contributed by atoms with van der Waals surface area (Å²) >= 11 is 3.41. The molecule has 1 saturated heterocycles. The summed E-state index contributed by atoms with van der Waals surface area (Å²) < 4.78 is 0.958. The molecule has 1 aliphatic heterocycles. The lowest BCUT2D eigenvalue weighted by Gasteiger charge is -2.22. The molecule has 4 heteroatoms. The maximum absolute atomic E-state index is 12.3. The SMILES string of the molecule is CC1CN(CC(=O)c2cccc(Br)c2)CC1N(C)C. The van der Waals surface area contributed by atoms with E-state index in [1.54, 1.807) is 0 Å². The van der Waals surface area contributed by atoms with E-state index in [0.29, 0.717) is 18.5 Å². The number of nitrogens with zero attached hydrogens (tertiary/aromatic N) is 2. The topological polar surface area (TPSA) is 23.6 Å². The average molecular weight is 325 g/mol. The van der Waals surface area contributed by atoms with Crippen molar-refractivity contribution >= 4 is 21.7 Å². The number of benzene rings is 1. The second-order valence-electron chi connectivity index (χ2n) is 5.64. The van der Waals surface area contributed by atoms with E-state index in [9.17, 15) is 4.79 Å². The van der Waals surface area contributed by atoms with Crippen LogP contribution < -0.4 is 0 Å². The van der Waals surface area contributed by atoms with Crippen LogP contribution in [0.3, 0.4) is 0 Å². The summed E-state index contributed by atoms with van der Waals surface area (Å²) in [5, 5.41) is 0. The first kappa shape index (κ1) is 14.7. The molecule has 0 saturated carbocycles. The Morgan fingerprint density at radius 3 is 2.74 bits per heavy atom. The zero-order valence-corrected chi connectivity index (χ0v) is 13.4. The molecule has 0 bridgehead atoms. The highest BCUT2D eigenvalue weighted by Crippen LogP contribution is 2.20. The summed E-state index contributed by atoms with van der Waals surface area (Å²) in [6.45, 7) is 4.76. The van der Waals surface area contributed by atoms with Crippen LogP contribution in [0, 0.1) is 5.92 Å². The van der Waals surface area contributed by atoms with Crippen molar-refractivity contribution in [3.63, 3.8) is 0 Å². The minimum absolute atomic E-state index is 0.202. The number of ketones is 1. The van der Waals surface area contributed by atoms with E-state index in [2.05, 4.69) is 46.7 Å². The van der Waals surface area contributed by atoms with Gasteiger partial charge in [-0.1, -0.05) is 35.0 Å². The van der Waals surface area contributed by atoms with Crippen LogP contribution in [0.25, 0.3) is 0 Å². The average Bonchev–Trinajstić information content (AvgIpc) is 2.70. The predicted octanol–water partition coefficient (Wildman–Crippen LogP) is 2.51. The van der Waals surface area contributed by atoms with Gasteiger partial charge in [-0.2, -0.15) is 0 Å². The molecule has 2 unspecified atom stereocenters. The fraction of sp³-hybridized carbons (Fsp3) is 0.533. The molecule has 1 aliphatic rings. The van der Waals surface area contributed by atoms with Gasteiger partial charge in [-0.25, -0.2) is 0 Å². The Bertz CT molecular complexity index is 461. The monoisotopic (exact) mass is 324 g/mol. The van der Waals surface area contributed by atoms with Gasteiger partial charge in [0, 0.05) is 29.2 Å². The third-order valence-electron chi connectivity index (χ3n) is 3.83. The third kappa shape index (κ3) is 3.65. The summed E-state index contributed by atoms with van der Waals surface area (Å²) in [7, 11) is 4.22. The van der Waals surface area contributed by atoms with Crippen LogP contribution in [0.1, 0.15) is 17.3 Å². The van der Waals surface area contributed by atoms with Crippen molar-refractivity contribution in [2.24, 2.45) is 5.92 Å². The van der Waals surface area contributed by atoms with E-state index < -0.39 is 0 Å². The van der Waals surface area contributed by atoms with Crippen LogP contribution in [-0.2, 0) is 0 Å². The van der Waals surface area contributed by atoms with E-state index >= 15 is 0 Å². The van der Waals surface area contributed by atoms with Gasteiger partial charge in [0.2, 0.25) is 0 Å². The van der Waals surface area contributed by atoms with Crippen molar-refractivity contribution in [1.82, 2.24) is 9.80 Å². The van der Waals surface area contributed by atoms with Crippen molar-refractivity contribution in [2.75, 3.05) is 33.7 Å². The minimum Gasteiger partial charge on any atom is -0.305 e. The zero-order valence-electron chi connectivity index (χ0n) is 11.8. The smallest absolute Gasteiger partial charge is 0.176 e. The first-order chi connectivity index (χ1) is 8.97. The number of likely N-dealkylation sites (N-methyl/N-ethyl adjacent to an activating group) is 1. The van der Waals surface area contributed by atoms with E-state index in [1.165, 1.54) is 0 Å². The van der Waals surface area contributed by atoms with E-state index in [1.807, 2.05) is 24.3 Å². The summed E-state index contributed by atoms with van der Waals surface area (Å²) in [5.41, 5.74) is 0.787. The largest absolute Gasteiger partial charge is 0.305 e. The molecule has 104 valence electrons. The number of hydrogen-bond acceptors (Lipinski definition) is 3. The van der Waals surface area contributed by atoms with Crippen LogP contribution in [0.4, 0.5) is 0 Å². The molecule has 2 atom stereocenters. The molecule has 0 aliphatic carbocycles. The molecule has 3 nitrogen and oxygen atoms in total. The molecule has 2 rings (SSSR count). The summed E-state index contributed by atoms with van der Waals surface area (Å²) in [4.78, 5) is 16.8. The first-order valence-electron chi connectivity index (χ1n) is 6.65. The number of carbonyl (C=O) groups is 1. The van der Waals surface area contributed by atoms with Crippen molar-refractivity contribution in [3.8, 4) is 0 Å². The number of Topliss-reactive ketones (excluding diaryl/α,β-unsaturated/α-hetero) is 1. The molecule has 0 amide bonds. The highest BCUT2D eigenvalue weighted by Gasteiger charge is 2.31. The Hall–Kier alpha value is -0.710. The lowest BCUT2D eigenvalue weighted by Crippen LogP contribution is -2.35. The number of hydrogen-bond donors (Lipinski definition) is 0. The molecule has 0 radical (unpaired) electrons. The highest BCUT2D eigenvalue weighted by atomic mass is 79.9. The predicted molar refractivity (Wildman–Crippen MR) is 81.6 cm³/mol. The first-order valence-corrected chi connectivity index (χ1v) is 7.44. The van der Waals surface area contributed by atoms with Crippen molar-refractivity contribution < 1.29 is 4.79 Å². The van der Waals surface area contributed by atoms with E-state index in [-0.39, 0.29) is 5.78 Å². The van der Waals surface area contributed by atoms with Gasteiger partial charge in [-0.3, -0.25) is 9.69 Å². The van der Waals surface area contributed by atoms with Gasteiger partial charge >= 0.3 is 0 Å². The Kier molecular flexibility index (Phi) is 4.76. The molecular formula is C15H21BrN2O. The van der Waals surface area contributed by atoms with Crippen LogP contribution in [0.2, 0.25) is 0 Å². The summed E-state index contributed by atoms with van der Waals surface area (Å²) in [6, 6.07) is 8.18. The Morgan fingerprint density at radius 1 is 1.42 bits per heavy atom. The van der Waals surface area contributed by atoms with Gasteiger partial charge in [0.1, 0.15) is 0 Å². The molecule has 0 aromatic heterocycles. The molecule has 0 spiro atoms. The second-order valence-corrected chi connectivity index (χ2v) is 6.55. The zero-order chi connectivity index (χ0) is 14.0. The molecule has 1 aromatic carbocycles. The third-order valence-corrected chi connectivity index (χ3v) is 4.32. The van der Waals surface area contributed by atoms with Gasteiger partial charge in [0.25, 0.3) is 0 Å². The summed E-state index contributed by atoms with van der Waals surface area (Å²) in [5.74, 6) is 0.818. The van der Waals surface area contributed by atoms with Gasteiger partial charge in [0.15, 0.2) is 5.78 Å². The molecular weight excluding hydrogens is 304 g/mol. The quantitative estimate of drug-likeness (QED) is 0.795. The van der Waals surface area contributed by atoms with Crippen LogP contribution >= 0.6 is 15.9 Å². The standard InChI is InChI=1S/C15H21BrN2O/c1-11-8-18(9-14(11)17(2)3)10-15(19)12-5-4-6-13(16)7-12/h4-7,11,14H,8-10H2,1-3H3. The number of likely N-dealkylation sites (tertiary alicyclic amines) is 1. The van der Waals surface area contributed by atoms with Crippen LogP contribution in [-0.4, -0.2) is 55.4 Å². The molecule has 1 heterocycles. The minimum atomic E-state index is 0.202. The van der Waals surface area contributed by atoms with Crippen molar-refractivity contribution in [3.05, 3.63) is 34.3 Å². The number of halogens is 1. The highest BCUT2D eigenvalue weighted by molar-refractivity contribution is 9.10. The fourth-order valence-electron chi connectivity index (χ4n) is 2.81. The fourth-order valence-corrected chi connectivity index (χ4v) is 3.20. The number of rotatable bonds is 4. The van der Waals surface area contributed by atoms with Gasteiger partial charge in [-0.05, 0) is 32.1 Å². The van der Waals surface area contributed by atoms with Crippen molar-refractivity contribution in [1.29, 1.82) is 0 Å². The van der Waals surface area contributed by atoms with Crippen molar-refractivity contribution in [2.45, 2.75) is 13.0 Å². The van der Waals surface area contributed by atoms with E-state index in [0.717, 1.165) is 23.1 Å². The van der Waals surface area contributed by atoms with Crippen LogP contribution in [0.15, 0.2) is 28.7 Å². The number of carbonyl (C=O) groups excluding carboxylic acids is 1. The maximum Gasteiger partial charge on any atom is 0.176 e. The molecule has 19 heavy (non-hydrogen) atoms. The maximum atomic E-state index is 12.3. The second kappa shape index (κ2) is 6.16. The Labute approximate surface area is 123 Å². The lowest BCUT2D eigenvalue weighted by molar-refractivity contribution is 0.0941. The normalized spacial score (nSPS) is 24.1. The molecule has 1 fully saturated rings.